The van der Waals surface area contributed by atoms with Crippen LogP contribution < -0.4 is 11.1 Å². The molecule has 0 fully saturated rings. The van der Waals surface area contributed by atoms with Crippen LogP contribution in [-0.4, -0.2) is 20.4 Å². The molecule has 0 radical (unpaired) electrons. The Bertz CT molecular complexity index is 1340. The van der Waals surface area contributed by atoms with Crippen LogP contribution in [0.5, 0.6) is 0 Å². The van der Waals surface area contributed by atoms with Crippen molar-refractivity contribution in [1.29, 1.82) is 0 Å². The molecule has 6 nitrogen and oxygen atoms in total. The summed E-state index contributed by atoms with van der Waals surface area (Å²) < 4.78 is 2.31. The summed E-state index contributed by atoms with van der Waals surface area (Å²) in [6.07, 6.45) is 13.7. The first-order valence-electron chi connectivity index (χ1n) is 15.0. The fourth-order valence-corrected chi connectivity index (χ4v) is 5.25. The van der Waals surface area contributed by atoms with Gasteiger partial charge in [0.25, 0.3) is 0 Å². The number of aromatic nitrogens is 3. The third-order valence-corrected chi connectivity index (χ3v) is 7.55. The van der Waals surface area contributed by atoms with E-state index in [1.165, 1.54) is 44.1 Å². The summed E-state index contributed by atoms with van der Waals surface area (Å²) in [5, 5.41) is 4.17. The number of nitrogens with zero attached hydrogens (tertiary/aromatic N) is 3. The molecule has 1 amide bonds. The van der Waals surface area contributed by atoms with Crippen molar-refractivity contribution in [1.82, 2.24) is 19.9 Å². The van der Waals surface area contributed by atoms with Gasteiger partial charge in [-0.2, -0.15) is 0 Å². The van der Waals surface area contributed by atoms with Crippen LogP contribution in [0.2, 0.25) is 0 Å². The Morgan fingerprint density at radius 1 is 0.821 bits per heavy atom. The van der Waals surface area contributed by atoms with Gasteiger partial charge in [0.05, 0.1) is 11.0 Å². The van der Waals surface area contributed by atoms with Crippen molar-refractivity contribution in [3.8, 4) is 0 Å². The molecular formula is C33H45N5O. The summed E-state index contributed by atoms with van der Waals surface area (Å²) in [6, 6.07) is 16.7. The average Bonchev–Trinajstić information content (AvgIpc) is 3.31. The monoisotopic (exact) mass is 527 g/mol. The van der Waals surface area contributed by atoms with Crippen molar-refractivity contribution in [2.45, 2.75) is 104 Å². The molecule has 0 atom stereocenters. The number of aryl methyl sites for hydroxylation is 1. The largest absolute Gasteiger partial charge is 0.382 e. The Kier molecular flexibility index (Phi) is 10.8. The number of unbranched alkanes of at least 4 members (excludes halogenated alkanes) is 8. The van der Waals surface area contributed by atoms with E-state index in [0.29, 0.717) is 25.3 Å². The summed E-state index contributed by atoms with van der Waals surface area (Å²) in [5.41, 5.74) is 11.4. The molecule has 0 saturated heterocycles. The second kappa shape index (κ2) is 14.7. The van der Waals surface area contributed by atoms with Crippen LogP contribution in [0.3, 0.4) is 0 Å². The first-order chi connectivity index (χ1) is 19.1. The van der Waals surface area contributed by atoms with Crippen LogP contribution in [0.1, 0.15) is 101 Å². The minimum absolute atomic E-state index is 0.147. The topological polar surface area (TPSA) is 85.8 Å². The van der Waals surface area contributed by atoms with Crippen LogP contribution >= 0.6 is 0 Å². The fraction of sp³-hybridized carbons (Fsp3) is 0.485. The van der Waals surface area contributed by atoms with Crippen molar-refractivity contribution < 1.29 is 4.79 Å². The lowest BCUT2D eigenvalue weighted by Gasteiger charge is -2.12. The number of rotatable bonds is 16. The molecular weight excluding hydrogens is 482 g/mol. The maximum absolute atomic E-state index is 12.3. The van der Waals surface area contributed by atoms with Gasteiger partial charge in [0.2, 0.25) is 5.91 Å². The minimum Gasteiger partial charge on any atom is -0.382 e. The molecule has 0 spiro atoms. The number of hydrogen-bond acceptors (Lipinski definition) is 4. The molecule has 6 heteroatoms. The Hall–Kier alpha value is -3.41. The Morgan fingerprint density at radius 2 is 1.49 bits per heavy atom. The highest BCUT2D eigenvalue weighted by Crippen LogP contribution is 2.30. The van der Waals surface area contributed by atoms with Crippen molar-refractivity contribution >= 4 is 33.7 Å². The molecule has 2 heterocycles. The van der Waals surface area contributed by atoms with Gasteiger partial charge < -0.3 is 15.6 Å². The zero-order valence-corrected chi connectivity index (χ0v) is 23.8. The predicted molar refractivity (Wildman–Crippen MR) is 163 cm³/mol. The SMILES string of the molecule is CCCCCCCCCCC(=O)NCc1ccc(Cn2c(CCCC)nc3c(N)nc4ccccc4c32)cc1. The highest BCUT2D eigenvalue weighted by atomic mass is 16.1. The first-order valence-corrected chi connectivity index (χ1v) is 15.0. The number of pyridine rings is 1. The van der Waals surface area contributed by atoms with Gasteiger partial charge in [-0.15, -0.1) is 0 Å². The normalized spacial score (nSPS) is 11.4. The third kappa shape index (κ3) is 7.81. The fourth-order valence-electron chi connectivity index (χ4n) is 5.25. The molecule has 0 bridgehead atoms. The van der Waals surface area contributed by atoms with Gasteiger partial charge in [0.15, 0.2) is 5.82 Å². The van der Waals surface area contributed by atoms with Crippen LogP contribution in [0, 0.1) is 0 Å². The number of imidazole rings is 1. The number of benzene rings is 2. The number of nitrogen functional groups attached to an aromatic ring is 1. The molecule has 0 saturated carbocycles. The molecule has 4 aromatic rings. The quantitative estimate of drug-likeness (QED) is 0.146. The summed E-state index contributed by atoms with van der Waals surface area (Å²) >= 11 is 0. The minimum atomic E-state index is 0.147. The van der Waals surface area contributed by atoms with Crippen LogP contribution in [0.4, 0.5) is 5.82 Å². The second-order valence-corrected chi connectivity index (χ2v) is 10.7. The lowest BCUT2D eigenvalue weighted by molar-refractivity contribution is -0.121. The number of fused-ring (bicyclic) bond motifs is 3. The van der Waals surface area contributed by atoms with Gasteiger partial charge in [0, 0.05) is 31.3 Å². The predicted octanol–water partition coefficient (Wildman–Crippen LogP) is 7.70. The van der Waals surface area contributed by atoms with E-state index < -0.39 is 0 Å². The van der Waals surface area contributed by atoms with Crippen molar-refractivity contribution in [3.05, 3.63) is 65.5 Å². The Morgan fingerprint density at radius 3 is 2.23 bits per heavy atom. The third-order valence-electron chi connectivity index (χ3n) is 7.55. The van der Waals surface area contributed by atoms with E-state index >= 15 is 0 Å². The van der Waals surface area contributed by atoms with Crippen LogP contribution in [-0.2, 0) is 24.3 Å². The van der Waals surface area contributed by atoms with Gasteiger partial charge in [-0.05, 0) is 30.0 Å². The average molecular weight is 528 g/mol. The molecule has 4 rings (SSSR count). The van der Waals surface area contributed by atoms with E-state index in [-0.39, 0.29) is 5.91 Å². The van der Waals surface area contributed by atoms with Gasteiger partial charge >= 0.3 is 0 Å². The number of nitrogens with two attached hydrogens (primary N) is 1. The lowest BCUT2D eigenvalue weighted by Crippen LogP contribution is -2.22. The first kappa shape index (κ1) is 28.6. The van der Waals surface area contributed by atoms with Gasteiger partial charge in [0.1, 0.15) is 11.3 Å². The number of carbonyl (C=O) groups excluding carboxylic acids is 1. The van der Waals surface area contributed by atoms with E-state index in [0.717, 1.165) is 65.4 Å². The molecule has 0 aliphatic rings. The van der Waals surface area contributed by atoms with E-state index in [1.807, 2.05) is 18.2 Å². The zero-order chi connectivity index (χ0) is 27.5. The Balaban J connectivity index is 1.36. The second-order valence-electron chi connectivity index (χ2n) is 10.7. The number of para-hydroxylation sites is 1. The molecule has 0 aliphatic heterocycles. The smallest absolute Gasteiger partial charge is 0.220 e. The number of amides is 1. The van der Waals surface area contributed by atoms with E-state index in [2.05, 4.69) is 59.0 Å². The number of carbonyl (C=O) groups is 1. The zero-order valence-electron chi connectivity index (χ0n) is 23.8. The van der Waals surface area contributed by atoms with Crippen LogP contribution in [0.25, 0.3) is 21.9 Å². The highest BCUT2D eigenvalue weighted by Gasteiger charge is 2.17. The summed E-state index contributed by atoms with van der Waals surface area (Å²) in [6.45, 7) is 5.73. The number of nitrogens with one attached hydrogen (secondary N) is 1. The number of anilines is 1. The van der Waals surface area contributed by atoms with Crippen molar-refractivity contribution in [2.75, 3.05) is 5.73 Å². The maximum Gasteiger partial charge on any atom is 0.220 e. The molecule has 0 unspecified atom stereocenters. The highest BCUT2D eigenvalue weighted by molar-refractivity contribution is 6.06. The van der Waals surface area contributed by atoms with E-state index in [4.69, 9.17) is 10.7 Å². The summed E-state index contributed by atoms with van der Waals surface area (Å²) in [5.74, 6) is 1.68. The van der Waals surface area contributed by atoms with Crippen molar-refractivity contribution in [3.63, 3.8) is 0 Å². The van der Waals surface area contributed by atoms with Crippen LogP contribution in [0.15, 0.2) is 48.5 Å². The van der Waals surface area contributed by atoms with Gasteiger partial charge in [-0.25, -0.2) is 9.97 Å². The van der Waals surface area contributed by atoms with Gasteiger partial charge in [-0.1, -0.05) is 108 Å². The lowest BCUT2D eigenvalue weighted by atomic mass is 10.1. The molecule has 0 aliphatic carbocycles. The molecule has 2 aromatic carbocycles. The molecule has 2 aromatic heterocycles. The summed E-state index contributed by atoms with van der Waals surface area (Å²) in [4.78, 5) is 21.9. The molecule has 39 heavy (non-hydrogen) atoms. The maximum atomic E-state index is 12.3. The van der Waals surface area contributed by atoms with Crippen molar-refractivity contribution in [2.24, 2.45) is 0 Å². The molecule has 3 N–H and O–H groups in total. The molecule has 208 valence electrons. The summed E-state index contributed by atoms with van der Waals surface area (Å²) in [7, 11) is 0. The standard InChI is InChI=1S/C33H45N5O/c1-3-5-7-8-9-10-11-12-18-30(39)35-23-25-19-21-26(22-20-25)24-38-29(17-6-4-2)37-31-32(38)27-15-13-14-16-28(27)36-33(31)34/h13-16,19-22H,3-12,17-18,23-24H2,1-2H3,(H2,34,36)(H,35,39). The van der Waals surface area contributed by atoms with Gasteiger partial charge in [-0.3, -0.25) is 4.79 Å². The van der Waals surface area contributed by atoms with E-state index in [9.17, 15) is 4.79 Å². The number of hydrogen-bond donors (Lipinski definition) is 2. The van der Waals surface area contributed by atoms with E-state index in [1.54, 1.807) is 0 Å². The Labute approximate surface area is 233 Å².